The topological polar surface area (TPSA) is 12.0 Å². The first-order chi connectivity index (χ1) is 6.59. The van der Waals surface area contributed by atoms with Crippen molar-refractivity contribution in [2.24, 2.45) is 0 Å². The van der Waals surface area contributed by atoms with Gasteiger partial charge in [0.05, 0.1) is 5.56 Å². The lowest BCUT2D eigenvalue weighted by atomic mass is 10.1. The van der Waals surface area contributed by atoms with Crippen molar-refractivity contribution < 1.29 is 13.2 Å². The number of thiophene rings is 1. The molecule has 0 saturated carbocycles. The van der Waals surface area contributed by atoms with E-state index in [0.29, 0.717) is 4.88 Å². The van der Waals surface area contributed by atoms with Gasteiger partial charge in [-0.3, -0.25) is 0 Å². The van der Waals surface area contributed by atoms with E-state index in [0.717, 1.165) is 19.4 Å². The molecule has 1 aromatic rings. The molecule has 0 amide bonds. The van der Waals surface area contributed by atoms with Gasteiger partial charge in [-0.25, -0.2) is 0 Å². The van der Waals surface area contributed by atoms with E-state index in [1.807, 2.05) is 0 Å². The van der Waals surface area contributed by atoms with Crippen LogP contribution in [0.15, 0.2) is 11.4 Å². The minimum atomic E-state index is -4.21. The molecule has 78 valence electrons. The fraction of sp³-hybridized carbons (Fsp3) is 0.556. The zero-order valence-corrected chi connectivity index (χ0v) is 8.21. The van der Waals surface area contributed by atoms with Gasteiger partial charge >= 0.3 is 6.18 Å². The summed E-state index contributed by atoms with van der Waals surface area (Å²) in [6, 6.07) is 1.08. The van der Waals surface area contributed by atoms with Crippen LogP contribution in [0.2, 0.25) is 0 Å². The third kappa shape index (κ3) is 1.79. The second-order valence-electron chi connectivity index (χ2n) is 3.35. The van der Waals surface area contributed by atoms with Crippen LogP contribution in [0, 0.1) is 0 Å². The summed E-state index contributed by atoms with van der Waals surface area (Å²) >= 11 is 1.19. The van der Waals surface area contributed by atoms with Crippen molar-refractivity contribution in [2.75, 3.05) is 6.54 Å². The van der Waals surface area contributed by atoms with Crippen LogP contribution in [-0.2, 0) is 6.18 Å². The van der Waals surface area contributed by atoms with E-state index in [-0.39, 0.29) is 6.04 Å². The largest absolute Gasteiger partial charge is 0.417 e. The number of nitrogens with one attached hydrogen (secondary N) is 1. The first-order valence-electron chi connectivity index (χ1n) is 4.47. The predicted molar refractivity (Wildman–Crippen MR) is 49.3 cm³/mol. The maximum atomic E-state index is 12.5. The van der Waals surface area contributed by atoms with Crippen molar-refractivity contribution in [1.82, 2.24) is 5.32 Å². The summed E-state index contributed by atoms with van der Waals surface area (Å²) in [5.74, 6) is 0. The highest BCUT2D eigenvalue weighted by molar-refractivity contribution is 7.10. The molecule has 1 aromatic heterocycles. The number of hydrogen-bond acceptors (Lipinski definition) is 2. The van der Waals surface area contributed by atoms with Crippen molar-refractivity contribution >= 4 is 11.3 Å². The molecule has 0 spiro atoms. The predicted octanol–water partition coefficient (Wildman–Crippen LogP) is 3.19. The van der Waals surface area contributed by atoms with Gasteiger partial charge in [0.2, 0.25) is 0 Å². The van der Waals surface area contributed by atoms with Gasteiger partial charge in [-0.05, 0) is 30.8 Å². The van der Waals surface area contributed by atoms with Crippen LogP contribution in [0.25, 0.3) is 0 Å². The molecule has 1 atom stereocenters. The lowest BCUT2D eigenvalue weighted by Crippen LogP contribution is -2.16. The molecule has 0 aromatic carbocycles. The Morgan fingerprint density at radius 2 is 2.21 bits per heavy atom. The molecule has 1 saturated heterocycles. The van der Waals surface area contributed by atoms with Crippen LogP contribution in [-0.4, -0.2) is 6.54 Å². The molecule has 1 aliphatic heterocycles. The first kappa shape index (κ1) is 9.98. The zero-order chi connectivity index (χ0) is 10.2. The van der Waals surface area contributed by atoms with Crippen molar-refractivity contribution in [2.45, 2.75) is 25.1 Å². The summed E-state index contributed by atoms with van der Waals surface area (Å²) in [7, 11) is 0. The van der Waals surface area contributed by atoms with E-state index < -0.39 is 11.7 Å². The minimum Gasteiger partial charge on any atom is -0.309 e. The Kier molecular flexibility index (Phi) is 2.53. The molecule has 0 radical (unpaired) electrons. The summed E-state index contributed by atoms with van der Waals surface area (Å²) in [6.07, 6.45) is -2.44. The summed E-state index contributed by atoms with van der Waals surface area (Å²) in [5.41, 5.74) is -0.470. The molecule has 1 nitrogen and oxygen atoms in total. The molecule has 2 rings (SSSR count). The van der Waals surface area contributed by atoms with Crippen LogP contribution in [0.4, 0.5) is 13.2 Å². The van der Waals surface area contributed by atoms with Gasteiger partial charge in [0, 0.05) is 10.9 Å². The Bertz CT molecular complexity index is 312. The van der Waals surface area contributed by atoms with Crippen LogP contribution in [0.1, 0.15) is 29.3 Å². The Labute approximate surface area is 83.9 Å². The molecule has 0 bridgehead atoms. The van der Waals surface area contributed by atoms with Crippen LogP contribution < -0.4 is 5.32 Å². The van der Waals surface area contributed by atoms with E-state index in [9.17, 15) is 13.2 Å². The molecule has 5 heteroatoms. The highest BCUT2D eigenvalue weighted by Crippen LogP contribution is 2.39. The Morgan fingerprint density at radius 1 is 1.43 bits per heavy atom. The first-order valence-corrected chi connectivity index (χ1v) is 5.35. The van der Waals surface area contributed by atoms with Crippen LogP contribution in [0.3, 0.4) is 0 Å². The van der Waals surface area contributed by atoms with Gasteiger partial charge in [-0.2, -0.15) is 13.2 Å². The van der Waals surface area contributed by atoms with Crippen molar-refractivity contribution in [3.8, 4) is 0 Å². The molecular formula is C9H10F3NS. The molecular weight excluding hydrogens is 211 g/mol. The molecule has 0 unspecified atom stereocenters. The monoisotopic (exact) mass is 221 g/mol. The molecule has 1 N–H and O–H groups in total. The standard InChI is InChI=1S/C9H10F3NS/c10-9(11,12)6-3-5-14-8(6)7-2-1-4-13-7/h3,5,7,13H,1-2,4H2/t7-/m1/s1. The average molecular weight is 221 g/mol. The summed E-state index contributed by atoms with van der Waals surface area (Å²) in [5, 5.41) is 4.59. The van der Waals surface area contributed by atoms with Crippen molar-refractivity contribution in [3.63, 3.8) is 0 Å². The van der Waals surface area contributed by atoms with E-state index in [1.54, 1.807) is 0 Å². The minimum absolute atomic E-state index is 0.0911. The van der Waals surface area contributed by atoms with Gasteiger partial charge < -0.3 is 5.32 Å². The fourth-order valence-electron chi connectivity index (χ4n) is 1.73. The molecule has 1 aliphatic rings. The van der Waals surface area contributed by atoms with Crippen LogP contribution in [0.5, 0.6) is 0 Å². The van der Waals surface area contributed by atoms with Gasteiger partial charge in [-0.1, -0.05) is 0 Å². The zero-order valence-electron chi connectivity index (χ0n) is 7.40. The van der Waals surface area contributed by atoms with E-state index in [1.165, 1.54) is 22.8 Å². The Hall–Kier alpha value is -0.550. The smallest absolute Gasteiger partial charge is 0.309 e. The quantitative estimate of drug-likeness (QED) is 0.768. The SMILES string of the molecule is FC(F)(F)c1ccsc1[C@H]1CCCN1. The van der Waals surface area contributed by atoms with Gasteiger partial charge in [-0.15, -0.1) is 11.3 Å². The Balaban J connectivity index is 2.29. The normalized spacial score (nSPS) is 22.9. The van der Waals surface area contributed by atoms with Gasteiger partial charge in [0.1, 0.15) is 0 Å². The lowest BCUT2D eigenvalue weighted by Gasteiger charge is -2.13. The molecule has 0 aliphatic carbocycles. The van der Waals surface area contributed by atoms with E-state index in [4.69, 9.17) is 0 Å². The molecule has 1 fully saturated rings. The van der Waals surface area contributed by atoms with Crippen molar-refractivity contribution in [3.05, 3.63) is 21.9 Å². The maximum Gasteiger partial charge on any atom is 0.417 e. The van der Waals surface area contributed by atoms with Crippen LogP contribution >= 0.6 is 11.3 Å². The van der Waals surface area contributed by atoms with Crippen molar-refractivity contribution in [1.29, 1.82) is 0 Å². The fourth-order valence-corrected chi connectivity index (χ4v) is 2.76. The highest BCUT2D eigenvalue weighted by atomic mass is 32.1. The summed E-state index contributed by atoms with van der Waals surface area (Å²) in [4.78, 5) is 0.440. The molecule has 2 heterocycles. The van der Waals surface area contributed by atoms with Gasteiger partial charge in [0.15, 0.2) is 0 Å². The summed E-state index contributed by atoms with van der Waals surface area (Å²) in [6.45, 7) is 0.819. The number of rotatable bonds is 1. The van der Waals surface area contributed by atoms with Gasteiger partial charge in [0.25, 0.3) is 0 Å². The van der Waals surface area contributed by atoms with E-state index in [2.05, 4.69) is 5.32 Å². The van der Waals surface area contributed by atoms with E-state index >= 15 is 0 Å². The summed E-state index contributed by atoms with van der Waals surface area (Å²) < 4.78 is 37.5. The Morgan fingerprint density at radius 3 is 2.79 bits per heavy atom. The second-order valence-corrected chi connectivity index (χ2v) is 4.29. The highest BCUT2D eigenvalue weighted by Gasteiger charge is 2.36. The third-order valence-corrected chi connectivity index (χ3v) is 3.41. The number of halogens is 3. The third-order valence-electron chi connectivity index (χ3n) is 2.38. The number of alkyl halides is 3. The average Bonchev–Trinajstić information content (AvgIpc) is 2.73. The number of hydrogen-bond donors (Lipinski definition) is 1. The lowest BCUT2D eigenvalue weighted by molar-refractivity contribution is -0.138. The molecule has 14 heavy (non-hydrogen) atoms. The maximum absolute atomic E-state index is 12.5. The second kappa shape index (κ2) is 3.55.